The van der Waals surface area contributed by atoms with Crippen molar-refractivity contribution in [1.82, 2.24) is 10.6 Å². The fourth-order valence-corrected chi connectivity index (χ4v) is 2.35. The van der Waals surface area contributed by atoms with Gasteiger partial charge in [0.1, 0.15) is 11.6 Å². The third-order valence-electron chi connectivity index (χ3n) is 3.33. The molecule has 126 valence electrons. The highest BCUT2D eigenvalue weighted by atomic mass is 35.5. The van der Waals surface area contributed by atoms with Gasteiger partial charge in [0.05, 0.1) is 23.2 Å². The van der Waals surface area contributed by atoms with E-state index in [-0.39, 0.29) is 22.7 Å². The molecule has 0 fully saturated rings. The van der Waals surface area contributed by atoms with Crippen molar-refractivity contribution in [3.05, 3.63) is 70.2 Å². The quantitative estimate of drug-likeness (QED) is 0.868. The summed E-state index contributed by atoms with van der Waals surface area (Å²) in [5, 5.41) is 5.23. The van der Waals surface area contributed by atoms with Gasteiger partial charge in [-0.2, -0.15) is 0 Å². The largest absolute Gasteiger partial charge is 0.348 e. The monoisotopic (exact) mass is 352 g/mol. The van der Waals surface area contributed by atoms with Crippen molar-refractivity contribution in [3.8, 4) is 0 Å². The summed E-state index contributed by atoms with van der Waals surface area (Å²) < 4.78 is 26.5. The molecule has 7 heteroatoms. The van der Waals surface area contributed by atoms with Gasteiger partial charge in [0.2, 0.25) is 5.91 Å². The molecule has 0 saturated carbocycles. The highest BCUT2D eigenvalue weighted by molar-refractivity contribution is 6.33. The average Bonchev–Trinajstić information content (AvgIpc) is 2.52. The SMILES string of the molecule is C[C@H](NC(=O)CNC(=O)c1ccccc1Cl)c1ccc(F)cc1F. The minimum Gasteiger partial charge on any atom is -0.348 e. The van der Waals surface area contributed by atoms with Gasteiger partial charge in [0.25, 0.3) is 5.91 Å². The fraction of sp³-hybridized carbons (Fsp3) is 0.176. The zero-order valence-electron chi connectivity index (χ0n) is 12.8. The van der Waals surface area contributed by atoms with Crippen molar-refractivity contribution in [2.24, 2.45) is 0 Å². The summed E-state index contributed by atoms with van der Waals surface area (Å²) >= 11 is 5.90. The second kappa shape index (κ2) is 7.88. The van der Waals surface area contributed by atoms with E-state index in [1.807, 2.05) is 0 Å². The van der Waals surface area contributed by atoms with Gasteiger partial charge in [0, 0.05) is 11.6 Å². The molecule has 0 aliphatic heterocycles. The Bertz CT molecular complexity index is 768. The van der Waals surface area contributed by atoms with Crippen LogP contribution in [0, 0.1) is 11.6 Å². The van der Waals surface area contributed by atoms with E-state index in [0.717, 1.165) is 12.1 Å². The molecule has 0 aliphatic rings. The molecule has 0 heterocycles. The summed E-state index contributed by atoms with van der Waals surface area (Å²) in [6.45, 7) is 1.27. The Morgan fingerprint density at radius 3 is 2.54 bits per heavy atom. The lowest BCUT2D eigenvalue weighted by molar-refractivity contribution is -0.120. The first-order chi connectivity index (χ1) is 11.4. The van der Waals surface area contributed by atoms with E-state index in [2.05, 4.69) is 10.6 Å². The van der Waals surface area contributed by atoms with Crippen LogP contribution in [0.1, 0.15) is 28.9 Å². The van der Waals surface area contributed by atoms with Gasteiger partial charge >= 0.3 is 0 Å². The minimum atomic E-state index is -0.747. The Balaban J connectivity index is 1.91. The number of halogens is 3. The number of amides is 2. The smallest absolute Gasteiger partial charge is 0.253 e. The van der Waals surface area contributed by atoms with Gasteiger partial charge in [0.15, 0.2) is 0 Å². The fourth-order valence-electron chi connectivity index (χ4n) is 2.12. The number of hydrogen-bond donors (Lipinski definition) is 2. The predicted octanol–water partition coefficient (Wildman–Crippen LogP) is 3.23. The summed E-state index contributed by atoms with van der Waals surface area (Å²) in [7, 11) is 0. The summed E-state index contributed by atoms with van der Waals surface area (Å²) in [4.78, 5) is 23.8. The first-order valence-electron chi connectivity index (χ1n) is 7.15. The highest BCUT2D eigenvalue weighted by Gasteiger charge is 2.15. The van der Waals surface area contributed by atoms with Crippen molar-refractivity contribution in [1.29, 1.82) is 0 Å². The summed E-state index contributed by atoms with van der Waals surface area (Å²) in [6.07, 6.45) is 0. The zero-order valence-corrected chi connectivity index (χ0v) is 13.5. The van der Waals surface area contributed by atoms with Crippen LogP contribution in [0.15, 0.2) is 42.5 Å². The van der Waals surface area contributed by atoms with Crippen LogP contribution in [-0.4, -0.2) is 18.4 Å². The van der Waals surface area contributed by atoms with Gasteiger partial charge in [-0.25, -0.2) is 8.78 Å². The molecule has 0 aromatic heterocycles. The van der Waals surface area contributed by atoms with Gasteiger partial charge in [-0.05, 0) is 25.1 Å². The number of hydrogen-bond acceptors (Lipinski definition) is 2. The van der Waals surface area contributed by atoms with Crippen molar-refractivity contribution in [3.63, 3.8) is 0 Å². The van der Waals surface area contributed by atoms with Crippen LogP contribution in [0.2, 0.25) is 5.02 Å². The van der Waals surface area contributed by atoms with Crippen LogP contribution in [0.5, 0.6) is 0 Å². The zero-order chi connectivity index (χ0) is 17.7. The Morgan fingerprint density at radius 2 is 1.88 bits per heavy atom. The molecule has 2 aromatic carbocycles. The molecule has 24 heavy (non-hydrogen) atoms. The first kappa shape index (κ1) is 17.9. The molecular weight excluding hydrogens is 338 g/mol. The van der Waals surface area contributed by atoms with Crippen LogP contribution in [0.3, 0.4) is 0 Å². The number of carbonyl (C=O) groups excluding carboxylic acids is 2. The minimum absolute atomic E-state index is 0.155. The normalized spacial score (nSPS) is 11.7. The summed E-state index contributed by atoms with van der Waals surface area (Å²) in [5.41, 5.74) is 0.409. The number of rotatable bonds is 5. The van der Waals surface area contributed by atoms with E-state index >= 15 is 0 Å². The molecule has 2 amide bonds. The van der Waals surface area contributed by atoms with Crippen molar-refractivity contribution in [2.45, 2.75) is 13.0 Å². The van der Waals surface area contributed by atoms with Crippen molar-refractivity contribution >= 4 is 23.4 Å². The third-order valence-corrected chi connectivity index (χ3v) is 3.66. The molecule has 0 spiro atoms. The van der Waals surface area contributed by atoms with Gasteiger partial charge in [-0.3, -0.25) is 9.59 Å². The molecular formula is C17H15ClF2N2O2. The van der Waals surface area contributed by atoms with Crippen LogP contribution < -0.4 is 10.6 Å². The number of benzene rings is 2. The van der Waals surface area contributed by atoms with E-state index in [4.69, 9.17) is 11.6 Å². The second-order valence-corrected chi connectivity index (χ2v) is 5.52. The third kappa shape index (κ3) is 4.52. The van der Waals surface area contributed by atoms with Crippen LogP contribution >= 0.6 is 11.6 Å². The predicted molar refractivity (Wildman–Crippen MR) is 86.7 cm³/mol. The standard InChI is InChI=1S/C17H15ClF2N2O2/c1-10(12-7-6-11(19)8-15(12)20)22-16(23)9-21-17(24)13-4-2-3-5-14(13)18/h2-8,10H,9H2,1H3,(H,21,24)(H,22,23)/t10-/m0/s1. The Kier molecular flexibility index (Phi) is 5.87. The molecule has 0 saturated heterocycles. The Hall–Kier alpha value is -2.47. The van der Waals surface area contributed by atoms with E-state index in [1.54, 1.807) is 25.1 Å². The lowest BCUT2D eigenvalue weighted by Crippen LogP contribution is -2.38. The maximum absolute atomic E-state index is 13.7. The van der Waals surface area contributed by atoms with Crippen LogP contribution in [0.25, 0.3) is 0 Å². The maximum atomic E-state index is 13.7. The van der Waals surface area contributed by atoms with Crippen LogP contribution in [-0.2, 0) is 4.79 Å². The molecule has 2 N–H and O–H groups in total. The molecule has 0 radical (unpaired) electrons. The molecule has 0 bridgehead atoms. The van der Waals surface area contributed by atoms with Gasteiger partial charge in [-0.15, -0.1) is 0 Å². The van der Waals surface area contributed by atoms with E-state index in [9.17, 15) is 18.4 Å². The van der Waals surface area contributed by atoms with E-state index < -0.39 is 29.5 Å². The van der Waals surface area contributed by atoms with E-state index in [1.165, 1.54) is 12.1 Å². The Morgan fingerprint density at radius 1 is 1.17 bits per heavy atom. The van der Waals surface area contributed by atoms with Gasteiger partial charge in [-0.1, -0.05) is 29.8 Å². The molecule has 0 unspecified atom stereocenters. The first-order valence-corrected chi connectivity index (χ1v) is 7.53. The summed E-state index contributed by atoms with van der Waals surface area (Å²) in [5.74, 6) is -2.44. The second-order valence-electron chi connectivity index (χ2n) is 5.12. The highest BCUT2D eigenvalue weighted by Crippen LogP contribution is 2.17. The molecule has 2 aromatic rings. The lowest BCUT2D eigenvalue weighted by Gasteiger charge is -2.15. The van der Waals surface area contributed by atoms with Crippen LogP contribution in [0.4, 0.5) is 8.78 Å². The van der Waals surface area contributed by atoms with E-state index in [0.29, 0.717) is 0 Å². The number of nitrogens with one attached hydrogen (secondary N) is 2. The van der Waals surface area contributed by atoms with Gasteiger partial charge < -0.3 is 10.6 Å². The topological polar surface area (TPSA) is 58.2 Å². The van der Waals surface area contributed by atoms with Crippen molar-refractivity contribution in [2.75, 3.05) is 6.54 Å². The Labute approximate surface area is 142 Å². The molecule has 4 nitrogen and oxygen atoms in total. The molecule has 1 atom stereocenters. The average molecular weight is 353 g/mol. The molecule has 2 rings (SSSR count). The van der Waals surface area contributed by atoms with Crippen molar-refractivity contribution < 1.29 is 18.4 Å². The summed E-state index contributed by atoms with van der Waals surface area (Å²) in [6, 6.07) is 8.89. The number of carbonyl (C=O) groups is 2. The lowest BCUT2D eigenvalue weighted by atomic mass is 10.1. The molecule has 0 aliphatic carbocycles. The maximum Gasteiger partial charge on any atom is 0.253 e.